The first-order valence-corrected chi connectivity index (χ1v) is 11.9. The highest BCUT2D eigenvalue weighted by molar-refractivity contribution is 7.16. The topological polar surface area (TPSA) is 82.6 Å². The van der Waals surface area contributed by atoms with E-state index in [9.17, 15) is 18.8 Å². The summed E-state index contributed by atoms with van der Waals surface area (Å²) in [6, 6.07) is 7.48. The number of thiazole rings is 1. The van der Waals surface area contributed by atoms with Crippen molar-refractivity contribution in [3.8, 4) is 0 Å². The third-order valence-corrected chi connectivity index (χ3v) is 7.34. The van der Waals surface area contributed by atoms with Gasteiger partial charge in [0.05, 0.1) is 23.7 Å². The van der Waals surface area contributed by atoms with E-state index >= 15 is 0 Å². The molecule has 0 spiro atoms. The van der Waals surface area contributed by atoms with E-state index in [-0.39, 0.29) is 36.5 Å². The molecule has 1 saturated heterocycles. The fraction of sp³-hybridized carbons (Fsp3) is 0.273. The number of carbonyl (C=O) groups is 3. The van der Waals surface area contributed by atoms with Gasteiger partial charge in [-0.05, 0) is 35.7 Å². The first-order chi connectivity index (χ1) is 15.5. The lowest BCUT2D eigenvalue weighted by atomic mass is 10.1. The summed E-state index contributed by atoms with van der Waals surface area (Å²) < 4.78 is 13.2. The van der Waals surface area contributed by atoms with E-state index in [0.717, 1.165) is 10.6 Å². The summed E-state index contributed by atoms with van der Waals surface area (Å²) in [6.45, 7) is 1.23. The van der Waals surface area contributed by atoms with Crippen molar-refractivity contribution in [3.63, 3.8) is 0 Å². The van der Waals surface area contributed by atoms with Gasteiger partial charge in [0.1, 0.15) is 5.82 Å². The van der Waals surface area contributed by atoms with Gasteiger partial charge in [0.25, 0.3) is 5.91 Å². The smallest absolute Gasteiger partial charge is 0.258 e. The number of hydrogen-bond donors (Lipinski definition) is 1. The minimum absolute atomic E-state index is 0.0640. The maximum atomic E-state index is 13.2. The predicted octanol–water partition coefficient (Wildman–Crippen LogP) is 3.53. The molecule has 1 atom stereocenters. The van der Waals surface area contributed by atoms with Crippen LogP contribution >= 0.6 is 22.7 Å². The molecule has 32 heavy (non-hydrogen) atoms. The van der Waals surface area contributed by atoms with Crippen LogP contribution < -0.4 is 10.2 Å². The van der Waals surface area contributed by atoms with Crippen molar-refractivity contribution in [2.75, 3.05) is 23.3 Å². The minimum atomic E-state index is -0.431. The monoisotopic (exact) mass is 470 g/mol. The van der Waals surface area contributed by atoms with Crippen molar-refractivity contribution in [1.82, 2.24) is 9.88 Å². The number of nitrogens with zero attached hydrogens (tertiary/aromatic N) is 3. The summed E-state index contributed by atoms with van der Waals surface area (Å²) in [5.41, 5.74) is 2.09. The zero-order valence-electron chi connectivity index (χ0n) is 16.9. The summed E-state index contributed by atoms with van der Waals surface area (Å²) in [4.78, 5) is 46.7. The fourth-order valence-electron chi connectivity index (χ4n) is 4.00. The first kappa shape index (κ1) is 20.8. The molecule has 0 bridgehead atoms. The molecule has 1 unspecified atom stereocenters. The molecule has 0 radical (unpaired) electrons. The molecule has 0 aliphatic carbocycles. The number of amides is 3. The quantitative estimate of drug-likeness (QED) is 0.632. The summed E-state index contributed by atoms with van der Waals surface area (Å²) in [7, 11) is 0. The van der Waals surface area contributed by atoms with E-state index < -0.39 is 5.92 Å². The van der Waals surface area contributed by atoms with E-state index in [0.29, 0.717) is 35.9 Å². The number of benzene rings is 1. The number of rotatable bonds is 4. The fourth-order valence-corrected chi connectivity index (χ4v) is 5.66. The number of aromatic nitrogens is 1. The van der Waals surface area contributed by atoms with Crippen molar-refractivity contribution in [2.45, 2.75) is 19.4 Å². The Kier molecular flexibility index (Phi) is 5.48. The molecule has 2 aliphatic rings. The number of fused-ring (bicyclic) bond motifs is 1. The average Bonchev–Trinajstić information content (AvgIpc) is 3.53. The van der Waals surface area contributed by atoms with Crippen LogP contribution in [0, 0.1) is 11.7 Å². The van der Waals surface area contributed by atoms with Crippen molar-refractivity contribution in [1.29, 1.82) is 0 Å². The van der Waals surface area contributed by atoms with E-state index in [1.807, 2.05) is 5.38 Å². The van der Waals surface area contributed by atoms with Gasteiger partial charge >= 0.3 is 0 Å². The first-order valence-electron chi connectivity index (χ1n) is 10.1. The maximum Gasteiger partial charge on any atom is 0.258 e. The van der Waals surface area contributed by atoms with Crippen LogP contribution in [0.15, 0.2) is 41.1 Å². The SMILES string of the molecule is O=C(Nc1nc2c(s1)CN(C(=O)C1CC(=O)N(c3ccc(F)cc3)C1)CC2)c1ccsc1. The van der Waals surface area contributed by atoms with Crippen LogP contribution in [-0.2, 0) is 22.6 Å². The number of thiophene rings is 1. The molecule has 0 saturated carbocycles. The van der Waals surface area contributed by atoms with Crippen LogP contribution in [0.4, 0.5) is 15.2 Å². The Morgan fingerprint density at radius 3 is 2.75 bits per heavy atom. The summed E-state index contributed by atoms with van der Waals surface area (Å²) >= 11 is 2.83. The number of anilines is 2. The molecule has 164 valence electrons. The van der Waals surface area contributed by atoms with Crippen LogP contribution in [0.2, 0.25) is 0 Å². The lowest BCUT2D eigenvalue weighted by molar-refractivity contribution is -0.136. The third kappa shape index (κ3) is 4.03. The highest BCUT2D eigenvalue weighted by Gasteiger charge is 2.38. The Morgan fingerprint density at radius 2 is 2.00 bits per heavy atom. The maximum absolute atomic E-state index is 13.2. The Labute approximate surface area is 191 Å². The van der Waals surface area contributed by atoms with Gasteiger partial charge in [0.2, 0.25) is 11.8 Å². The molecular formula is C22H19FN4O3S2. The van der Waals surface area contributed by atoms with Gasteiger partial charge in [-0.3, -0.25) is 19.7 Å². The van der Waals surface area contributed by atoms with E-state index in [4.69, 9.17) is 0 Å². The van der Waals surface area contributed by atoms with Crippen LogP contribution in [0.5, 0.6) is 0 Å². The average molecular weight is 471 g/mol. The largest absolute Gasteiger partial charge is 0.337 e. The molecule has 5 rings (SSSR count). The van der Waals surface area contributed by atoms with Gasteiger partial charge in [-0.25, -0.2) is 9.37 Å². The second kappa shape index (κ2) is 8.44. The number of carbonyl (C=O) groups excluding carboxylic acids is 3. The molecule has 2 aromatic heterocycles. The second-order valence-electron chi connectivity index (χ2n) is 7.75. The van der Waals surface area contributed by atoms with Gasteiger partial charge in [-0.15, -0.1) is 0 Å². The Morgan fingerprint density at radius 1 is 1.19 bits per heavy atom. The molecule has 3 amide bonds. The summed E-state index contributed by atoms with van der Waals surface area (Å²) in [5.74, 6) is -1.20. The normalized spacial score (nSPS) is 18.0. The minimum Gasteiger partial charge on any atom is -0.337 e. The number of halogens is 1. The zero-order chi connectivity index (χ0) is 22.2. The molecule has 2 aliphatic heterocycles. The third-order valence-electron chi connectivity index (χ3n) is 5.66. The van der Waals surface area contributed by atoms with Crippen molar-refractivity contribution >= 4 is 51.2 Å². The molecule has 1 fully saturated rings. The highest BCUT2D eigenvalue weighted by Crippen LogP contribution is 2.32. The molecule has 10 heteroatoms. The molecule has 1 N–H and O–H groups in total. The van der Waals surface area contributed by atoms with E-state index in [1.54, 1.807) is 33.4 Å². The molecule has 1 aromatic carbocycles. The van der Waals surface area contributed by atoms with Gasteiger partial charge in [0.15, 0.2) is 5.13 Å². The molecule has 4 heterocycles. The van der Waals surface area contributed by atoms with Crippen molar-refractivity contribution in [2.24, 2.45) is 5.92 Å². The van der Waals surface area contributed by atoms with Crippen LogP contribution in [-0.4, -0.2) is 40.7 Å². The van der Waals surface area contributed by atoms with Crippen LogP contribution in [0.1, 0.15) is 27.3 Å². The Bertz CT molecular complexity index is 1180. The van der Waals surface area contributed by atoms with Crippen molar-refractivity contribution in [3.05, 3.63) is 63.0 Å². The lowest BCUT2D eigenvalue weighted by Crippen LogP contribution is -2.40. The second-order valence-corrected chi connectivity index (χ2v) is 9.61. The van der Waals surface area contributed by atoms with Crippen LogP contribution in [0.3, 0.4) is 0 Å². The Balaban J connectivity index is 1.24. The molecule has 7 nitrogen and oxygen atoms in total. The van der Waals surface area contributed by atoms with Gasteiger partial charge < -0.3 is 9.80 Å². The highest BCUT2D eigenvalue weighted by atomic mass is 32.1. The standard InChI is InChI=1S/C22H19FN4O3S2/c23-15-1-3-16(4-2-15)27-10-14(9-19(27)28)21(30)26-7-5-17-18(11-26)32-22(24-17)25-20(29)13-6-8-31-12-13/h1-4,6,8,12,14H,5,7,9-11H2,(H,24,25,29). The van der Waals surface area contributed by atoms with Gasteiger partial charge in [0, 0.05) is 41.9 Å². The van der Waals surface area contributed by atoms with Crippen molar-refractivity contribution < 1.29 is 18.8 Å². The molecular weight excluding hydrogens is 451 g/mol. The predicted molar refractivity (Wildman–Crippen MR) is 120 cm³/mol. The summed E-state index contributed by atoms with van der Waals surface area (Å²) in [6.07, 6.45) is 0.748. The lowest BCUT2D eigenvalue weighted by Gasteiger charge is -2.28. The number of hydrogen-bond acceptors (Lipinski definition) is 6. The van der Waals surface area contributed by atoms with Gasteiger partial charge in [-0.1, -0.05) is 11.3 Å². The summed E-state index contributed by atoms with van der Waals surface area (Å²) in [5, 5.41) is 6.98. The Hall–Kier alpha value is -3.11. The van der Waals surface area contributed by atoms with E-state index in [1.165, 1.54) is 34.8 Å². The van der Waals surface area contributed by atoms with E-state index in [2.05, 4.69) is 10.3 Å². The van der Waals surface area contributed by atoms with Crippen LogP contribution in [0.25, 0.3) is 0 Å². The molecule has 3 aromatic rings. The van der Waals surface area contributed by atoms with Gasteiger partial charge in [-0.2, -0.15) is 11.3 Å². The number of nitrogens with one attached hydrogen (secondary N) is 1. The zero-order valence-corrected chi connectivity index (χ0v) is 18.5.